The van der Waals surface area contributed by atoms with Crippen LogP contribution in [0.5, 0.6) is 5.75 Å². The smallest absolute Gasteiger partial charge is 0.233 e. The monoisotopic (exact) mass is 421 g/mol. The lowest BCUT2D eigenvalue weighted by atomic mass is 10.1. The van der Waals surface area contributed by atoms with Gasteiger partial charge in [0.1, 0.15) is 18.1 Å². The minimum Gasteiger partial charge on any atom is -0.489 e. The van der Waals surface area contributed by atoms with E-state index in [4.69, 9.17) is 9.26 Å². The number of hydrogen-bond donors (Lipinski definition) is 0. The molecule has 4 aromatic rings. The number of thiazole rings is 1. The largest absolute Gasteiger partial charge is 0.489 e. The SMILES string of the molecule is CCN(C(=O)Cc1ccc(OCc2c(C)noc2C)cc1)c1nc2ccccc2s1. The lowest BCUT2D eigenvalue weighted by molar-refractivity contribution is -0.117. The average Bonchev–Trinajstić information content (AvgIpc) is 3.31. The Morgan fingerprint density at radius 2 is 1.90 bits per heavy atom. The molecule has 2 aromatic heterocycles. The first-order valence-electron chi connectivity index (χ1n) is 9.84. The second-order valence-corrected chi connectivity index (χ2v) is 8.02. The molecule has 6 nitrogen and oxygen atoms in total. The maximum absolute atomic E-state index is 12.9. The molecule has 0 saturated carbocycles. The molecule has 154 valence electrons. The number of para-hydroxylation sites is 1. The molecule has 4 rings (SSSR count). The number of anilines is 1. The number of carbonyl (C=O) groups is 1. The van der Waals surface area contributed by atoms with Crippen molar-refractivity contribution < 1.29 is 14.1 Å². The fraction of sp³-hybridized carbons (Fsp3) is 0.261. The zero-order valence-corrected chi connectivity index (χ0v) is 18.0. The Kier molecular flexibility index (Phi) is 5.81. The first-order chi connectivity index (χ1) is 14.5. The van der Waals surface area contributed by atoms with E-state index in [1.54, 1.807) is 16.2 Å². The molecule has 0 aliphatic rings. The third-order valence-electron chi connectivity index (χ3n) is 4.97. The number of carbonyl (C=O) groups excluding carboxylic acids is 1. The Morgan fingerprint density at radius 1 is 1.13 bits per heavy atom. The van der Waals surface area contributed by atoms with Gasteiger partial charge in [0.25, 0.3) is 0 Å². The molecule has 0 spiro atoms. The van der Waals surface area contributed by atoms with Crippen molar-refractivity contribution in [2.24, 2.45) is 0 Å². The first kappa shape index (κ1) is 20.1. The van der Waals surface area contributed by atoms with Gasteiger partial charge >= 0.3 is 0 Å². The van der Waals surface area contributed by atoms with Gasteiger partial charge in [-0.25, -0.2) is 4.98 Å². The van der Waals surface area contributed by atoms with Crippen molar-refractivity contribution in [3.63, 3.8) is 0 Å². The topological polar surface area (TPSA) is 68.5 Å². The van der Waals surface area contributed by atoms with Crippen molar-refractivity contribution in [1.82, 2.24) is 10.1 Å². The van der Waals surface area contributed by atoms with Crippen LogP contribution in [0.15, 0.2) is 53.1 Å². The number of benzene rings is 2. The van der Waals surface area contributed by atoms with E-state index in [2.05, 4.69) is 10.1 Å². The predicted molar refractivity (Wildman–Crippen MR) is 118 cm³/mol. The van der Waals surface area contributed by atoms with E-state index in [0.717, 1.165) is 43.7 Å². The van der Waals surface area contributed by atoms with Gasteiger partial charge in [0.05, 0.1) is 27.9 Å². The number of rotatable bonds is 7. The fourth-order valence-electron chi connectivity index (χ4n) is 3.23. The molecule has 7 heteroatoms. The summed E-state index contributed by atoms with van der Waals surface area (Å²) in [6, 6.07) is 15.5. The minimum atomic E-state index is 0.0287. The van der Waals surface area contributed by atoms with E-state index in [1.807, 2.05) is 69.3 Å². The lowest BCUT2D eigenvalue weighted by Crippen LogP contribution is -2.31. The number of ether oxygens (including phenoxy) is 1. The highest BCUT2D eigenvalue weighted by Crippen LogP contribution is 2.29. The normalized spacial score (nSPS) is 11.0. The molecule has 0 bridgehead atoms. The Labute approximate surface area is 179 Å². The molecular weight excluding hydrogens is 398 g/mol. The van der Waals surface area contributed by atoms with E-state index in [-0.39, 0.29) is 5.91 Å². The molecule has 0 aliphatic carbocycles. The Hall–Kier alpha value is -3.19. The second-order valence-electron chi connectivity index (χ2n) is 7.01. The zero-order chi connectivity index (χ0) is 21.1. The zero-order valence-electron chi connectivity index (χ0n) is 17.2. The molecule has 30 heavy (non-hydrogen) atoms. The molecule has 0 atom stereocenters. The average molecular weight is 422 g/mol. The molecule has 0 radical (unpaired) electrons. The molecule has 0 aliphatic heterocycles. The molecule has 1 amide bonds. The maximum atomic E-state index is 12.9. The number of aryl methyl sites for hydroxylation is 2. The van der Waals surface area contributed by atoms with Crippen LogP contribution in [0, 0.1) is 13.8 Å². The Balaban J connectivity index is 1.41. The highest BCUT2D eigenvalue weighted by atomic mass is 32.1. The minimum absolute atomic E-state index is 0.0287. The Morgan fingerprint density at radius 3 is 2.57 bits per heavy atom. The van der Waals surface area contributed by atoms with Crippen molar-refractivity contribution >= 4 is 32.6 Å². The van der Waals surface area contributed by atoms with Crippen LogP contribution >= 0.6 is 11.3 Å². The van der Waals surface area contributed by atoms with Gasteiger partial charge in [-0.15, -0.1) is 0 Å². The number of aromatic nitrogens is 2. The molecule has 2 aromatic carbocycles. The molecular formula is C23H23N3O3S. The second kappa shape index (κ2) is 8.67. The van der Waals surface area contributed by atoms with Gasteiger partial charge in [0.15, 0.2) is 5.13 Å². The quantitative estimate of drug-likeness (QED) is 0.416. The number of amides is 1. The predicted octanol–water partition coefficient (Wildman–Crippen LogP) is 5.08. The van der Waals surface area contributed by atoms with Crippen molar-refractivity contribution in [3.05, 3.63) is 71.1 Å². The van der Waals surface area contributed by atoms with Crippen LogP contribution in [0.2, 0.25) is 0 Å². The maximum Gasteiger partial charge on any atom is 0.233 e. The van der Waals surface area contributed by atoms with Gasteiger partial charge in [-0.2, -0.15) is 0 Å². The summed E-state index contributed by atoms with van der Waals surface area (Å²) in [7, 11) is 0. The molecule has 0 N–H and O–H groups in total. The van der Waals surface area contributed by atoms with Crippen LogP contribution in [-0.4, -0.2) is 22.6 Å². The van der Waals surface area contributed by atoms with E-state index in [0.29, 0.717) is 19.6 Å². The van der Waals surface area contributed by atoms with Gasteiger partial charge in [0.2, 0.25) is 5.91 Å². The van der Waals surface area contributed by atoms with Gasteiger partial charge in [-0.05, 0) is 50.6 Å². The van der Waals surface area contributed by atoms with Gasteiger partial charge < -0.3 is 9.26 Å². The molecule has 0 fully saturated rings. The molecule has 0 unspecified atom stereocenters. The molecule has 0 saturated heterocycles. The van der Waals surface area contributed by atoms with Crippen LogP contribution in [-0.2, 0) is 17.8 Å². The number of likely N-dealkylation sites (N-methyl/N-ethyl adjacent to an activating group) is 1. The summed E-state index contributed by atoms with van der Waals surface area (Å²) in [5.74, 6) is 1.54. The summed E-state index contributed by atoms with van der Waals surface area (Å²) in [5, 5.41) is 4.68. The van der Waals surface area contributed by atoms with Crippen LogP contribution in [0.1, 0.15) is 29.5 Å². The highest BCUT2D eigenvalue weighted by Gasteiger charge is 2.18. The van der Waals surface area contributed by atoms with Crippen LogP contribution in [0.3, 0.4) is 0 Å². The third kappa shape index (κ3) is 4.21. The van der Waals surface area contributed by atoms with Crippen LogP contribution in [0.25, 0.3) is 10.2 Å². The van der Waals surface area contributed by atoms with Crippen molar-refractivity contribution in [2.45, 2.75) is 33.8 Å². The fourth-order valence-corrected chi connectivity index (χ4v) is 4.28. The van der Waals surface area contributed by atoms with Crippen LogP contribution < -0.4 is 9.64 Å². The highest BCUT2D eigenvalue weighted by molar-refractivity contribution is 7.22. The number of hydrogen-bond acceptors (Lipinski definition) is 6. The van der Waals surface area contributed by atoms with E-state index < -0.39 is 0 Å². The van der Waals surface area contributed by atoms with Gasteiger partial charge in [-0.3, -0.25) is 9.69 Å². The van der Waals surface area contributed by atoms with Crippen LogP contribution in [0.4, 0.5) is 5.13 Å². The van der Waals surface area contributed by atoms with Gasteiger partial charge in [-0.1, -0.05) is 40.8 Å². The van der Waals surface area contributed by atoms with Gasteiger partial charge in [0, 0.05) is 6.54 Å². The summed E-state index contributed by atoms with van der Waals surface area (Å²) in [6.45, 7) is 6.72. The first-order valence-corrected chi connectivity index (χ1v) is 10.7. The lowest BCUT2D eigenvalue weighted by Gasteiger charge is -2.17. The van der Waals surface area contributed by atoms with Crippen molar-refractivity contribution in [3.8, 4) is 5.75 Å². The van der Waals surface area contributed by atoms with Crippen molar-refractivity contribution in [2.75, 3.05) is 11.4 Å². The van der Waals surface area contributed by atoms with E-state index in [9.17, 15) is 4.79 Å². The summed E-state index contributed by atoms with van der Waals surface area (Å²) in [6.07, 6.45) is 0.313. The third-order valence-corrected chi connectivity index (χ3v) is 6.03. The summed E-state index contributed by atoms with van der Waals surface area (Å²) in [5.41, 5.74) is 3.65. The standard InChI is InChI=1S/C23H23N3O3S/c1-4-26(23-24-20-7-5-6-8-21(20)30-23)22(27)13-17-9-11-18(12-10-17)28-14-19-15(2)25-29-16(19)3/h5-12H,4,13-14H2,1-3H3. The van der Waals surface area contributed by atoms with Crippen molar-refractivity contribution in [1.29, 1.82) is 0 Å². The van der Waals surface area contributed by atoms with E-state index >= 15 is 0 Å². The van der Waals surface area contributed by atoms with E-state index in [1.165, 1.54) is 0 Å². The summed E-state index contributed by atoms with van der Waals surface area (Å²) < 4.78 is 12.1. The Bertz CT molecular complexity index is 1110. The molecule has 2 heterocycles. The number of fused-ring (bicyclic) bond motifs is 1. The number of nitrogens with zero attached hydrogens (tertiary/aromatic N) is 3. The summed E-state index contributed by atoms with van der Waals surface area (Å²) in [4.78, 5) is 19.3. The summed E-state index contributed by atoms with van der Waals surface area (Å²) >= 11 is 1.54.